The van der Waals surface area contributed by atoms with Crippen LogP contribution in [-0.2, 0) is 19.4 Å². The first-order valence-electron chi connectivity index (χ1n) is 9.58. The fraction of sp³-hybridized carbons (Fsp3) is 0.550. The number of aliphatic imine (C=N–C) groups is 1. The summed E-state index contributed by atoms with van der Waals surface area (Å²) in [5.74, 6) is 2.50. The Morgan fingerprint density at radius 1 is 1.11 bits per heavy atom. The Labute approximate surface area is 167 Å². The van der Waals surface area contributed by atoms with Gasteiger partial charge in [0.1, 0.15) is 5.82 Å². The second kappa shape index (κ2) is 11.6. The summed E-state index contributed by atoms with van der Waals surface area (Å²) < 4.78 is 2.25. The summed E-state index contributed by atoms with van der Waals surface area (Å²) in [6.45, 7) is 7.13. The first-order valence-corrected chi connectivity index (χ1v) is 10.8. The van der Waals surface area contributed by atoms with E-state index in [1.807, 2.05) is 13.1 Å². The maximum absolute atomic E-state index is 4.38. The van der Waals surface area contributed by atoms with E-state index in [1.54, 1.807) is 11.8 Å². The van der Waals surface area contributed by atoms with Gasteiger partial charge in [0, 0.05) is 33.1 Å². The SMILES string of the molecule is CN=C(NCCCc1nnc(SC)n1CC(C)C)NCCc1ccccc1. The zero-order chi connectivity index (χ0) is 19.5. The minimum absolute atomic E-state index is 0.580. The molecule has 0 radical (unpaired) electrons. The van der Waals surface area contributed by atoms with Crippen LogP contribution in [0.2, 0.25) is 0 Å². The highest BCUT2D eigenvalue weighted by Crippen LogP contribution is 2.16. The second-order valence-electron chi connectivity index (χ2n) is 6.87. The molecule has 148 valence electrons. The number of hydrogen-bond acceptors (Lipinski definition) is 4. The van der Waals surface area contributed by atoms with Gasteiger partial charge in [0.15, 0.2) is 11.1 Å². The molecule has 0 unspecified atom stereocenters. The lowest BCUT2D eigenvalue weighted by molar-refractivity contribution is 0.477. The smallest absolute Gasteiger partial charge is 0.190 e. The zero-order valence-electron chi connectivity index (χ0n) is 16.9. The van der Waals surface area contributed by atoms with Crippen molar-refractivity contribution in [2.75, 3.05) is 26.4 Å². The van der Waals surface area contributed by atoms with Crippen molar-refractivity contribution >= 4 is 17.7 Å². The Hall–Kier alpha value is -2.02. The Morgan fingerprint density at radius 3 is 2.52 bits per heavy atom. The molecule has 0 saturated heterocycles. The van der Waals surface area contributed by atoms with E-state index in [0.29, 0.717) is 5.92 Å². The van der Waals surface area contributed by atoms with E-state index in [0.717, 1.165) is 55.8 Å². The number of aryl methyl sites for hydroxylation is 1. The van der Waals surface area contributed by atoms with E-state index in [-0.39, 0.29) is 0 Å². The van der Waals surface area contributed by atoms with Crippen LogP contribution in [0.3, 0.4) is 0 Å². The largest absolute Gasteiger partial charge is 0.356 e. The van der Waals surface area contributed by atoms with E-state index in [4.69, 9.17) is 0 Å². The molecule has 27 heavy (non-hydrogen) atoms. The topological polar surface area (TPSA) is 67.1 Å². The average Bonchev–Trinajstić information content (AvgIpc) is 3.05. The van der Waals surface area contributed by atoms with Gasteiger partial charge in [0.05, 0.1) is 0 Å². The van der Waals surface area contributed by atoms with Gasteiger partial charge in [-0.2, -0.15) is 0 Å². The standard InChI is InChI=1S/C20H32N6S/c1-16(2)15-26-18(24-25-20(26)27-4)11-8-13-22-19(21-3)23-14-12-17-9-6-5-7-10-17/h5-7,9-10,16H,8,11-15H2,1-4H3,(H2,21,22,23). The summed E-state index contributed by atoms with van der Waals surface area (Å²) in [6.07, 6.45) is 4.94. The quantitative estimate of drug-likeness (QED) is 0.283. The summed E-state index contributed by atoms with van der Waals surface area (Å²) in [7, 11) is 1.81. The van der Waals surface area contributed by atoms with Gasteiger partial charge in [-0.1, -0.05) is 55.9 Å². The number of hydrogen-bond donors (Lipinski definition) is 2. The van der Waals surface area contributed by atoms with Crippen LogP contribution in [0, 0.1) is 5.92 Å². The monoisotopic (exact) mass is 388 g/mol. The molecule has 0 amide bonds. The maximum atomic E-state index is 4.38. The van der Waals surface area contributed by atoms with E-state index in [9.17, 15) is 0 Å². The lowest BCUT2D eigenvalue weighted by Gasteiger charge is -2.13. The molecule has 0 atom stereocenters. The molecule has 0 aliphatic heterocycles. The van der Waals surface area contributed by atoms with Crippen LogP contribution in [0.5, 0.6) is 0 Å². The van der Waals surface area contributed by atoms with Crippen LogP contribution < -0.4 is 10.6 Å². The fourth-order valence-electron chi connectivity index (χ4n) is 2.85. The van der Waals surface area contributed by atoms with Crippen LogP contribution >= 0.6 is 11.8 Å². The Balaban J connectivity index is 1.72. The fourth-order valence-corrected chi connectivity index (χ4v) is 3.37. The van der Waals surface area contributed by atoms with Crippen molar-refractivity contribution in [1.82, 2.24) is 25.4 Å². The minimum atomic E-state index is 0.580. The number of benzene rings is 1. The zero-order valence-corrected chi connectivity index (χ0v) is 17.7. The normalized spacial score (nSPS) is 11.8. The predicted molar refractivity (Wildman–Crippen MR) is 114 cm³/mol. The summed E-state index contributed by atoms with van der Waals surface area (Å²) in [5.41, 5.74) is 1.33. The molecular weight excluding hydrogens is 356 g/mol. The van der Waals surface area contributed by atoms with E-state index >= 15 is 0 Å². The van der Waals surface area contributed by atoms with Crippen molar-refractivity contribution in [3.8, 4) is 0 Å². The van der Waals surface area contributed by atoms with Crippen LogP contribution in [0.4, 0.5) is 0 Å². The van der Waals surface area contributed by atoms with Crippen molar-refractivity contribution in [1.29, 1.82) is 0 Å². The lowest BCUT2D eigenvalue weighted by Crippen LogP contribution is -2.38. The molecule has 0 fully saturated rings. The first kappa shape index (κ1) is 21.3. The van der Waals surface area contributed by atoms with Crippen molar-refractivity contribution in [3.63, 3.8) is 0 Å². The molecular formula is C20H32N6S. The molecule has 1 aromatic carbocycles. The Morgan fingerprint density at radius 2 is 1.85 bits per heavy atom. The van der Waals surface area contributed by atoms with Crippen molar-refractivity contribution in [2.45, 2.75) is 44.8 Å². The highest BCUT2D eigenvalue weighted by atomic mass is 32.2. The van der Waals surface area contributed by atoms with Gasteiger partial charge in [0.2, 0.25) is 0 Å². The van der Waals surface area contributed by atoms with Gasteiger partial charge in [0.25, 0.3) is 0 Å². The van der Waals surface area contributed by atoms with Crippen molar-refractivity contribution in [2.24, 2.45) is 10.9 Å². The van der Waals surface area contributed by atoms with Gasteiger partial charge < -0.3 is 15.2 Å². The van der Waals surface area contributed by atoms with Crippen molar-refractivity contribution in [3.05, 3.63) is 41.7 Å². The number of rotatable bonds is 10. The van der Waals surface area contributed by atoms with Gasteiger partial charge in [-0.05, 0) is 30.6 Å². The third-order valence-electron chi connectivity index (χ3n) is 4.17. The summed E-state index contributed by atoms with van der Waals surface area (Å²) in [4.78, 5) is 4.30. The molecule has 7 heteroatoms. The van der Waals surface area contributed by atoms with Crippen LogP contribution in [0.1, 0.15) is 31.7 Å². The maximum Gasteiger partial charge on any atom is 0.190 e. The molecule has 0 saturated carbocycles. The van der Waals surface area contributed by atoms with E-state index < -0.39 is 0 Å². The Bertz CT molecular complexity index is 696. The second-order valence-corrected chi connectivity index (χ2v) is 7.65. The number of nitrogens with zero attached hydrogens (tertiary/aromatic N) is 4. The molecule has 0 spiro atoms. The molecule has 2 aromatic rings. The van der Waals surface area contributed by atoms with Crippen LogP contribution in [0.25, 0.3) is 0 Å². The molecule has 2 N–H and O–H groups in total. The average molecular weight is 389 g/mol. The highest BCUT2D eigenvalue weighted by molar-refractivity contribution is 7.98. The van der Waals surface area contributed by atoms with Gasteiger partial charge in [-0.3, -0.25) is 4.99 Å². The van der Waals surface area contributed by atoms with Gasteiger partial charge in [-0.15, -0.1) is 10.2 Å². The molecule has 6 nitrogen and oxygen atoms in total. The van der Waals surface area contributed by atoms with Gasteiger partial charge in [-0.25, -0.2) is 0 Å². The van der Waals surface area contributed by atoms with E-state index in [1.165, 1.54) is 5.56 Å². The Kier molecular flexibility index (Phi) is 9.18. The molecule has 0 bridgehead atoms. The highest BCUT2D eigenvalue weighted by Gasteiger charge is 2.12. The molecule has 2 rings (SSSR count). The van der Waals surface area contributed by atoms with Crippen LogP contribution in [0.15, 0.2) is 40.5 Å². The summed E-state index contributed by atoms with van der Waals surface area (Å²) >= 11 is 1.66. The molecule has 0 aliphatic rings. The number of thioether (sulfide) groups is 1. The third-order valence-corrected chi connectivity index (χ3v) is 4.83. The van der Waals surface area contributed by atoms with Crippen molar-refractivity contribution < 1.29 is 0 Å². The molecule has 0 aliphatic carbocycles. The number of aromatic nitrogens is 3. The number of guanidine groups is 1. The molecule has 1 aromatic heterocycles. The number of nitrogens with one attached hydrogen (secondary N) is 2. The first-order chi connectivity index (χ1) is 13.1. The summed E-state index contributed by atoms with van der Waals surface area (Å²) in [5, 5.41) is 16.4. The molecule has 1 heterocycles. The summed E-state index contributed by atoms with van der Waals surface area (Å²) in [6, 6.07) is 10.5. The third kappa shape index (κ3) is 7.25. The predicted octanol–water partition coefficient (Wildman–Crippen LogP) is 3.00. The minimum Gasteiger partial charge on any atom is -0.356 e. The van der Waals surface area contributed by atoms with Crippen LogP contribution in [-0.4, -0.2) is 47.1 Å². The van der Waals surface area contributed by atoms with E-state index in [2.05, 4.69) is 74.8 Å². The lowest BCUT2D eigenvalue weighted by atomic mass is 10.1. The van der Waals surface area contributed by atoms with Gasteiger partial charge >= 0.3 is 0 Å².